The minimum atomic E-state index is -0.844. The maximum absolute atomic E-state index is 11.2. The van der Waals surface area contributed by atoms with Crippen molar-refractivity contribution in [2.45, 2.75) is 26.7 Å². The van der Waals surface area contributed by atoms with Crippen LogP contribution in [0.2, 0.25) is 0 Å². The van der Waals surface area contributed by atoms with E-state index in [1.54, 1.807) is 0 Å². The number of rotatable bonds is 4. The topological polar surface area (TPSA) is 86.9 Å². The third kappa shape index (κ3) is 3.40. The second kappa shape index (κ2) is 6.67. The standard InChI is InChI=1S/C12H17NO6/c1-5-7-9(18-11(14)16-3)8(6-2)13-10(7)19-12(15)17-4/h13H,5-6H2,1-4H3. The molecule has 106 valence electrons. The fourth-order valence-corrected chi connectivity index (χ4v) is 1.58. The number of carbonyl (C=O) groups is 2. The normalized spacial score (nSPS) is 9.89. The van der Waals surface area contributed by atoms with Crippen LogP contribution in [0.3, 0.4) is 0 Å². The predicted molar refractivity (Wildman–Crippen MR) is 65.6 cm³/mol. The van der Waals surface area contributed by atoms with Gasteiger partial charge in [-0.25, -0.2) is 9.59 Å². The van der Waals surface area contributed by atoms with Crippen molar-refractivity contribution in [2.75, 3.05) is 14.2 Å². The van der Waals surface area contributed by atoms with Crippen LogP contribution in [0, 0.1) is 0 Å². The predicted octanol–water partition coefficient (Wildman–Crippen LogP) is 2.43. The molecule has 1 heterocycles. The summed E-state index contributed by atoms with van der Waals surface area (Å²) in [6.45, 7) is 3.72. The van der Waals surface area contributed by atoms with E-state index in [0.717, 1.165) is 0 Å². The van der Waals surface area contributed by atoms with Crippen LogP contribution in [0.4, 0.5) is 9.59 Å². The lowest BCUT2D eigenvalue weighted by Crippen LogP contribution is -2.10. The fraction of sp³-hybridized carbons (Fsp3) is 0.500. The summed E-state index contributed by atoms with van der Waals surface area (Å²) in [4.78, 5) is 25.2. The Bertz CT molecular complexity index is 465. The summed E-state index contributed by atoms with van der Waals surface area (Å²) in [6.07, 6.45) is -0.588. The summed E-state index contributed by atoms with van der Waals surface area (Å²) in [5, 5.41) is 0. The highest BCUT2D eigenvalue weighted by Crippen LogP contribution is 2.34. The van der Waals surface area contributed by atoms with Crippen LogP contribution in [0.1, 0.15) is 25.1 Å². The van der Waals surface area contributed by atoms with Gasteiger partial charge in [0.1, 0.15) is 0 Å². The van der Waals surface area contributed by atoms with Crippen molar-refractivity contribution in [3.8, 4) is 11.6 Å². The number of carbonyl (C=O) groups excluding carboxylic acids is 2. The zero-order valence-corrected chi connectivity index (χ0v) is 11.4. The summed E-state index contributed by atoms with van der Waals surface area (Å²) in [7, 11) is 2.43. The van der Waals surface area contributed by atoms with Gasteiger partial charge in [0.05, 0.1) is 25.5 Å². The summed E-state index contributed by atoms with van der Waals surface area (Å²) >= 11 is 0. The summed E-state index contributed by atoms with van der Waals surface area (Å²) in [5.74, 6) is 0.542. The summed E-state index contributed by atoms with van der Waals surface area (Å²) < 4.78 is 18.9. The molecule has 0 aliphatic rings. The van der Waals surface area contributed by atoms with Gasteiger partial charge in [0, 0.05) is 0 Å². The van der Waals surface area contributed by atoms with Crippen molar-refractivity contribution < 1.29 is 28.5 Å². The number of aryl methyl sites for hydroxylation is 1. The van der Waals surface area contributed by atoms with Crippen LogP contribution in [-0.2, 0) is 22.3 Å². The van der Waals surface area contributed by atoms with E-state index in [-0.39, 0.29) is 5.88 Å². The molecule has 0 saturated heterocycles. The van der Waals surface area contributed by atoms with Crippen LogP contribution in [0.15, 0.2) is 0 Å². The van der Waals surface area contributed by atoms with Gasteiger partial charge in [0.15, 0.2) is 5.75 Å². The van der Waals surface area contributed by atoms with Crippen LogP contribution in [0.5, 0.6) is 11.6 Å². The second-order valence-corrected chi connectivity index (χ2v) is 3.56. The van der Waals surface area contributed by atoms with Crippen molar-refractivity contribution in [3.05, 3.63) is 11.3 Å². The van der Waals surface area contributed by atoms with E-state index in [1.165, 1.54) is 14.2 Å². The van der Waals surface area contributed by atoms with Gasteiger partial charge in [-0.3, -0.25) is 0 Å². The van der Waals surface area contributed by atoms with Gasteiger partial charge in [0.25, 0.3) is 0 Å². The molecule has 19 heavy (non-hydrogen) atoms. The van der Waals surface area contributed by atoms with Crippen molar-refractivity contribution in [3.63, 3.8) is 0 Å². The highest BCUT2D eigenvalue weighted by Gasteiger charge is 2.22. The van der Waals surface area contributed by atoms with Gasteiger partial charge in [-0.1, -0.05) is 13.8 Å². The molecule has 0 atom stereocenters. The quantitative estimate of drug-likeness (QED) is 0.846. The SMILES string of the molecule is CCc1[nH]c(OC(=O)OC)c(CC)c1OC(=O)OC. The first-order chi connectivity index (χ1) is 9.07. The largest absolute Gasteiger partial charge is 0.514 e. The molecule has 0 aliphatic carbocycles. The van der Waals surface area contributed by atoms with Crippen molar-refractivity contribution in [1.82, 2.24) is 4.98 Å². The smallest absolute Gasteiger partial charge is 0.437 e. The number of methoxy groups -OCH3 is 2. The van der Waals surface area contributed by atoms with E-state index in [2.05, 4.69) is 14.5 Å². The summed E-state index contributed by atoms with van der Waals surface area (Å²) in [6, 6.07) is 0. The average molecular weight is 271 g/mol. The molecule has 7 heteroatoms. The van der Waals surface area contributed by atoms with Gasteiger partial charge in [-0.2, -0.15) is 0 Å². The Morgan fingerprint density at radius 3 is 2.05 bits per heavy atom. The minimum Gasteiger partial charge on any atom is -0.437 e. The minimum absolute atomic E-state index is 0.213. The molecule has 0 amide bonds. The highest BCUT2D eigenvalue weighted by atomic mass is 16.7. The first-order valence-corrected chi connectivity index (χ1v) is 5.82. The molecule has 0 unspecified atom stereocenters. The Morgan fingerprint density at radius 2 is 1.58 bits per heavy atom. The lowest BCUT2D eigenvalue weighted by Gasteiger charge is -2.05. The molecule has 0 spiro atoms. The molecule has 0 fully saturated rings. The molecule has 0 bridgehead atoms. The van der Waals surface area contributed by atoms with E-state index >= 15 is 0 Å². The zero-order valence-electron chi connectivity index (χ0n) is 11.4. The molecule has 0 radical (unpaired) electrons. The number of hydrogen-bond acceptors (Lipinski definition) is 6. The molecule has 1 aromatic rings. The molecule has 0 aromatic carbocycles. The van der Waals surface area contributed by atoms with Crippen LogP contribution < -0.4 is 9.47 Å². The van der Waals surface area contributed by atoms with Crippen molar-refractivity contribution in [2.24, 2.45) is 0 Å². The first-order valence-electron chi connectivity index (χ1n) is 5.82. The van der Waals surface area contributed by atoms with Gasteiger partial charge < -0.3 is 23.9 Å². The third-order valence-electron chi connectivity index (χ3n) is 2.50. The zero-order chi connectivity index (χ0) is 14.4. The van der Waals surface area contributed by atoms with Crippen molar-refractivity contribution in [1.29, 1.82) is 0 Å². The Morgan fingerprint density at radius 1 is 1.00 bits per heavy atom. The molecular weight excluding hydrogens is 254 g/mol. The van der Waals surface area contributed by atoms with Gasteiger partial charge in [-0.05, 0) is 12.8 Å². The highest BCUT2D eigenvalue weighted by molar-refractivity contribution is 5.68. The maximum atomic E-state index is 11.2. The fourth-order valence-electron chi connectivity index (χ4n) is 1.58. The summed E-state index contributed by atoms with van der Waals surface area (Å²) in [5.41, 5.74) is 1.22. The Labute approximate surface area is 110 Å². The monoisotopic (exact) mass is 271 g/mol. The molecule has 1 N–H and O–H groups in total. The molecule has 0 saturated carbocycles. The number of aromatic amines is 1. The molecular formula is C12H17NO6. The second-order valence-electron chi connectivity index (χ2n) is 3.56. The number of ether oxygens (including phenoxy) is 4. The van der Waals surface area contributed by atoms with E-state index in [4.69, 9.17) is 9.47 Å². The lowest BCUT2D eigenvalue weighted by molar-refractivity contribution is 0.119. The van der Waals surface area contributed by atoms with Gasteiger partial charge in [0.2, 0.25) is 5.88 Å². The average Bonchev–Trinajstić information content (AvgIpc) is 2.75. The van der Waals surface area contributed by atoms with E-state index in [9.17, 15) is 9.59 Å². The van der Waals surface area contributed by atoms with Crippen molar-refractivity contribution >= 4 is 12.3 Å². The van der Waals surface area contributed by atoms with Crippen LogP contribution in [0.25, 0.3) is 0 Å². The number of hydrogen-bond donors (Lipinski definition) is 1. The van der Waals surface area contributed by atoms with Gasteiger partial charge in [-0.15, -0.1) is 0 Å². The Kier molecular flexibility index (Phi) is 5.23. The maximum Gasteiger partial charge on any atom is 0.514 e. The first kappa shape index (κ1) is 14.9. The Hall–Kier alpha value is -2.18. The van der Waals surface area contributed by atoms with Gasteiger partial charge >= 0.3 is 12.3 Å². The molecule has 1 aromatic heterocycles. The third-order valence-corrected chi connectivity index (χ3v) is 2.50. The molecule has 0 aliphatic heterocycles. The Balaban J connectivity index is 3.12. The van der Waals surface area contributed by atoms with E-state index in [0.29, 0.717) is 29.8 Å². The number of aromatic nitrogens is 1. The van der Waals surface area contributed by atoms with E-state index in [1.807, 2.05) is 13.8 Å². The van der Waals surface area contributed by atoms with E-state index < -0.39 is 12.3 Å². The molecule has 1 rings (SSSR count). The van der Waals surface area contributed by atoms with Crippen LogP contribution >= 0.6 is 0 Å². The molecule has 7 nitrogen and oxygen atoms in total. The lowest BCUT2D eigenvalue weighted by atomic mass is 10.2. The number of H-pyrrole nitrogens is 1. The van der Waals surface area contributed by atoms with Crippen LogP contribution in [-0.4, -0.2) is 31.5 Å². The number of nitrogens with one attached hydrogen (secondary N) is 1.